The number of unbranched alkanes of at least 4 members (excludes halogenated alkanes) is 1. The lowest BCUT2D eigenvalue weighted by Gasteiger charge is -2.04. The lowest BCUT2D eigenvalue weighted by molar-refractivity contribution is -0.138. The molecule has 0 aliphatic heterocycles. The van der Waals surface area contributed by atoms with Crippen molar-refractivity contribution in [2.24, 2.45) is 10.7 Å². The molecule has 4 heteroatoms. The van der Waals surface area contributed by atoms with Gasteiger partial charge < -0.3 is 10.8 Å². The van der Waals surface area contributed by atoms with Crippen molar-refractivity contribution in [1.82, 2.24) is 0 Å². The Morgan fingerprint density at radius 1 is 1.35 bits per heavy atom. The molecule has 0 saturated heterocycles. The minimum Gasteiger partial charge on any atom is -0.480 e. The highest BCUT2D eigenvalue weighted by molar-refractivity contribution is 5.79. The number of carboxylic acids is 1. The highest BCUT2D eigenvalue weighted by Gasteiger charge is 2.09. The minimum absolute atomic E-state index is 0.510. The predicted octanol–water partition coefficient (Wildman–Crippen LogP) is 1.69. The van der Waals surface area contributed by atoms with Gasteiger partial charge in [0.25, 0.3) is 0 Å². The number of carboxylic acid groups (broad SMARTS) is 1. The molecule has 0 spiro atoms. The quantitative estimate of drug-likeness (QED) is 0.556. The van der Waals surface area contributed by atoms with E-state index < -0.39 is 12.0 Å². The van der Waals surface area contributed by atoms with Crippen LogP contribution in [0.4, 0.5) is 0 Å². The van der Waals surface area contributed by atoms with Gasteiger partial charge in [-0.25, -0.2) is 0 Å². The molecule has 0 aromatic heterocycles. The van der Waals surface area contributed by atoms with Gasteiger partial charge in [-0.2, -0.15) is 0 Å². The summed E-state index contributed by atoms with van der Waals surface area (Å²) in [6.07, 6.45) is 4.00. The molecule has 17 heavy (non-hydrogen) atoms. The van der Waals surface area contributed by atoms with Crippen LogP contribution < -0.4 is 5.73 Å². The first kappa shape index (κ1) is 13.4. The molecule has 4 nitrogen and oxygen atoms in total. The first-order valence-corrected chi connectivity index (χ1v) is 5.73. The molecule has 0 saturated carbocycles. The third kappa shape index (κ3) is 5.82. The molecule has 0 amide bonds. The molecule has 0 aliphatic carbocycles. The Balaban J connectivity index is 2.12. The second kappa shape index (κ2) is 7.57. The number of aliphatic carboxylic acids is 1. The molecule has 0 aliphatic rings. The molecule has 0 radical (unpaired) electrons. The number of nitrogens with zero attached hydrogens (tertiary/aromatic N) is 1. The normalized spacial score (nSPS) is 12.8. The van der Waals surface area contributed by atoms with Crippen LogP contribution in [0.5, 0.6) is 0 Å². The maximum atomic E-state index is 10.4. The van der Waals surface area contributed by atoms with Crippen LogP contribution in [0, 0.1) is 0 Å². The molecule has 1 atom stereocenters. The molecule has 0 fully saturated rings. The van der Waals surface area contributed by atoms with E-state index >= 15 is 0 Å². The first-order chi connectivity index (χ1) is 8.20. The van der Waals surface area contributed by atoms with Gasteiger partial charge in [0.05, 0.1) is 0 Å². The zero-order chi connectivity index (χ0) is 12.5. The third-order valence-electron chi connectivity index (χ3n) is 2.41. The van der Waals surface area contributed by atoms with E-state index in [1.807, 2.05) is 36.5 Å². The van der Waals surface area contributed by atoms with Crippen molar-refractivity contribution in [3.63, 3.8) is 0 Å². The van der Waals surface area contributed by atoms with Crippen molar-refractivity contribution in [3.8, 4) is 0 Å². The van der Waals surface area contributed by atoms with Gasteiger partial charge in [0.2, 0.25) is 0 Å². The van der Waals surface area contributed by atoms with E-state index in [0.29, 0.717) is 13.0 Å². The van der Waals surface area contributed by atoms with Crippen LogP contribution in [0.1, 0.15) is 24.8 Å². The number of aliphatic imine (C=N–C) groups is 1. The SMILES string of the molecule is N[C@H](CCCCN=Cc1ccccc1)C(=O)O. The summed E-state index contributed by atoms with van der Waals surface area (Å²) in [6, 6.07) is 9.13. The second-order valence-corrected chi connectivity index (χ2v) is 3.89. The van der Waals surface area contributed by atoms with Crippen molar-refractivity contribution in [1.29, 1.82) is 0 Å². The molecule has 92 valence electrons. The Morgan fingerprint density at radius 3 is 2.71 bits per heavy atom. The molecule has 1 aromatic carbocycles. The highest BCUT2D eigenvalue weighted by Crippen LogP contribution is 2.00. The standard InChI is InChI=1S/C13H18N2O2/c14-12(13(16)17)8-4-5-9-15-10-11-6-2-1-3-7-11/h1-3,6-7,10,12H,4-5,8-9,14H2,(H,16,17)/t12-/m1/s1. The summed E-state index contributed by atoms with van der Waals surface area (Å²) in [6.45, 7) is 0.710. The lowest BCUT2D eigenvalue weighted by atomic mass is 10.1. The van der Waals surface area contributed by atoms with Crippen LogP contribution in [-0.2, 0) is 4.79 Å². The van der Waals surface area contributed by atoms with Crippen molar-refractivity contribution in [2.45, 2.75) is 25.3 Å². The van der Waals surface area contributed by atoms with Gasteiger partial charge in [0.15, 0.2) is 0 Å². The van der Waals surface area contributed by atoms with Crippen LogP contribution in [0.15, 0.2) is 35.3 Å². The van der Waals surface area contributed by atoms with Gasteiger partial charge >= 0.3 is 5.97 Å². The minimum atomic E-state index is -0.933. The van der Waals surface area contributed by atoms with Gasteiger partial charge in [0, 0.05) is 12.8 Å². The van der Waals surface area contributed by atoms with Gasteiger partial charge in [-0.3, -0.25) is 9.79 Å². The topological polar surface area (TPSA) is 75.7 Å². The van der Waals surface area contributed by atoms with E-state index in [1.165, 1.54) is 0 Å². The molecule has 0 bridgehead atoms. The Morgan fingerprint density at radius 2 is 2.06 bits per heavy atom. The molecule has 1 rings (SSSR count). The highest BCUT2D eigenvalue weighted by atomic mass is 16.4. The summed E-state index contributed by atoms with van der Waals surface area (Å²) in [7, 11) is 0. The number of nitrogens with two attached hydrogens (primary N) is 1. The monoisotopic (exact) mass is 234 g/mol. The Bertz CT molecular complexity index is 363. The van der Waals surface area contributed by atoms with E-state index in [9.17, 15) is 4.79 Å². The molecule has 0 unspecified atom stereocenters. The predicted molar refractivity (Wildman–Crippen MR) is 68.4 cm³/mol. The Kier molecular flexibility index (Phi) is 5.96. The Hall–Kier alpha value is -1.68. The number of hydrogen-bond donors (Lipinski definition) is 2. The van der Waals surface area contributed by atoms with E-state index in [0.717, 1.165) is 18.4 Å². The summed E-state index contributed by atoms with van der Waals surface area (Å²) >= 11 is 0. The first-order valence-electron chi connectivity index (χ1n) is 5.73. The van der Waals surface area contributed by atoms with Crippen LogP contribution in [0.3, 0.4) is 0 Å². The molecular weight excluding hydrogens is 216 g/mol. The van der Waals surface area contributed by atoms with Crippen molar-refractivity contribution in [3.05, 3.63) is 35.9 Å². The summed E-state index contributed by atoms with van der Waals surface area (Å²) in [5.74, 6) is -0.933. The largest absolute Gasteiger partial charge is 0.480 e. The number of rotatable bonds is 7. The Labute approximate surface area is 101 Å². The third-order valence-corrected chi connectivity index (χ3v) is 2.41. The maximum Gasteiger partial charge on any atom is 0.320 e. The van der Waals surface area contributed by atoms with Crippen molar-refractivity contribution < 1.29 is 9.90 Å². The van der Waals surface area contributed by atoms with Crippen LogP contribution >= 0.6 is 0 Å². The fourth-order valence-electron chi connectivity index (χ4n) is 1.40. The molecule has 3 N–H and O–H groups in total. The average Bonchev–Trinajstić information content (AvgIpc) is 2.34. The zero-order valence-corrected chi connectivity index (χ0v) is 9.75. The van der Waals surface area contributed by atoms with Gasteiger partial charge in [0.1, 0.15) is 6.04 Å². The summed E-state index contributed by atoms with van der Waals surface area (Å²) in [5.41, 5.74) is 6.46. The number of benzene rings is 1. The van der Waals surface area contributed by atoms with Crippen LogP contribution in [0.25, 0.3) is 0 Å². The van der Waals surface area contributed by atoms with Crippen LogP contribution in [0.2, 0.25) is 0 Å². The summed E-state index contributed by atoms with van der Waals surface area (Å²) in [5, 5.41) is 8.58. The van der Waals surface area contributed by atoms with Gasteiger partial charge in [-0.1, -0.05) is 30.3 Å². The molecule has 1 aromatic rings. The van der Waals surface area contributed by atoms with Crippen molar-refractivity contribution >= 4 is 12.2 Å². The molecular formula is C13H18N2O2. The van der Waals surface area contributed by atoms with Crippen molar-refractivity contribution in [2.75, 3.05) is 6.54 Å². The fourth-order valence-corrected chi connectivity index (χ4v) is 1.40. The maximum absolute atomic E-state index is 10.4. The second-order valence-electron chi connectivity index (χ2n) is 3.89. The smallest absolute Gasteiger partial charge is 0.320 e. The molecule has 0 heterocycles. The number of hydrogen-bond acceptors (Lipinski definition) is 3. The average molecular weight is 234 g/mol. The summed E-state index contributed by atoms with van der Waals surface area (Å²) < 4.78 is 0. The van der Waals surface area contributed by atoms with Gasteiger partial charge in [-0.15, -0.1) is 0 Å². The lowest BCUT2D eigenvalue weighted by Crippen LogP contribution is -2.29. The van der Waals surface area contributed by atoms with E-state index in [4.69, 9.17) is 10.8 Å². The van der Waals surface area contributed by atoms with E-state index in [2.05, 4.69) is 4.99 Å². The fraction of sp³-hybridized carbons (Fsp3) is 0.385. The number of carbonyl (C=O) groups is 1. The van der Waals surface area contributed by atoms with Gasteiger partial charge in [-0.05, 0) is 24.8 Å². The van der Waals surface area contributed by atoms with E-state index in [-0.39, 0.29) is 0 Å². The summed E-state index contributed by atoms with van der Waals surface area (Å²) in [4.78, 5) is 14.7. The van der Waals surface area contributed by atoms with E-state index in [1.54, 1.807) is 0 Å². The van der Waals surface area contributed by atoms with Crippen LogP contribution in [-0.4, -0.2) is 29.9 Å². The zero-order valence-electron chi connectivity index (χ0n) is 9.75.